The average molecular weight is 349 g/mol. The van der Waals surface area contributed by atoms with Gasteiger partial charge in [-0.3, -0.25) is 4.79 Å². The maximum atomic E-state index is 12.8. The molecular formula is C15H19N5O3S. The summed E-state index contributed by atoms with van der Waals surface area (Å²) in [7, 11) is -0.437. The Hall–Kier alpha value is -2.26. The molecule has 1 amide bonds. The zero-order valence-electron chi connectivity index (χ0n) is 13.5. The van der Waals surface area contributed by atoms with Gasteiger partial charge in [-0.05, 0) is 25.0 Å². The smallest absolute Gasteiger partial charge is 0.269 e. The first kappa shape index (κ1) is 16.6. The summed E-state index contributed by atoms with van der Waals surface area (Å²) in [6, 6.07) is 4.69. The van der Waals surface area contributed by atoms with Gasteiger partial charge in [0, 0.05) is 26.8 Å². The second-order valence-electron chi connectivity index (χ2n) is 5.68. The van der Waals surface area contributed by atoms with Crippen molar-refractivity contribution in [2.24, 2.45) is 7.05 Å². The molecule has 0 saturated carbocycles. The van der Waals surface area contributed by atoms with E-state index in [4.69, 9.17) is 0 Å². The first-order valence-electron chi connectivity index (χ1n) is 7.62. The van der Waals surface area contributed by atoms with Crippen molar-refractivity contribution in [3.05, 3.63) is 42.1 Å². The predicted octanol–water partition coefficient (Wildman–Crippen LogP) is 0.700. The number of hydrogen-bond acceptors (Lipinski definition) is 5. The Labute approximate surface area is 140 Å². The molecule has 1 atom stereocenters. The monoisotopic (exact) mass is 349 g/mol. The number of imidazole rings is 1. The van der Waals surface area contributed by atoms with E-state index in [2.05, 4.69) is 15.3 Å². The molecule has 9 heteroatoms. The highest BCUT2D eigenvalue weighted by Gasteiger charge is 2.38. The molecular weight excluding hydrogens is 330 g/mol. The fourth-order valence-corrected chi connectivity index (χ4v) is 4.50. The maximum Gasteiger partial charge on any atom is 0.269 e. The summed E-state index contributed by atoms with van der Waals surface area (Å²) >= 11 is 0. The van der Waals surface area contributed by atoms with Gasteiger partial charge in [0.1, 0.15) is 5.69 Å². The van der Waals surface area contributed by atoms with Crippen LogP contribution in [0.4, 0.5) is 0 Å². The molecule has 8 nitrogen and oxygen atoms in total. The van der Waals surface area contributed by atoms with Gasteiger partial charge in [-0.15, -0.1) is 0 Å². The van der Waals surface area contributed by atoms with Gasteiger partial charge < -0.3 is 9.88 Å². The number of hydrogen-bond donors (Lipinski definition) is 1. The van der Waals surface area contributed by atoms with Gasteiger partial charge in [0.2, 0.25) is 0 Å². The molecule has 0 aromatic carbocycles. The van der Waals surface area contributed by atoms with Gasteiger partial charge >= 0.3 is 0 Å². The third-order valence-electron chi connectivity index (χ3n) is 4.03. The first-order valence-corrected chi connectivity index (χ1v) is 9.06. The highest BCUT2D eigenvalue weighted by atomic mass is 32.2. The van der Waals surface area contributed by atoms with Crippen molar-refractivity contribution in [3.63, 3.8) is 0 Å². The number of carbonyl (C=O) groups is 1. The van der Waals surface area contributed by atoms with Gasteiger partial charge in [0.05, 0.1) is 18.1 Å². The molecule has 1 aliphatic heterocycles. The Bertz CT molecular complexity index is 861. The Morgan fingerprint density at radius 2 is 2.17 bits per heavy atom. The molecule has 1 fully saturated rings. The highest BCUT2D eigenvalue weighted by molar-refractivity contribution is 7.89. The van der Waals surface area contributed by atoms with E-state index in [1.807, 2.05) is 0 Å². The Morgan fingerprint density at radius 3 is 2.83 bits per heavy atom. The van der Waals surface area contributed by atoms with Crippen LogP contribution in [0.2, 0.25) is 0 Å². The van der Waals surface area contributed by atoms with Crippen molar-refractivity contribution in [3.8, 4) is 0 Å². The third kappa shape index (κ3) is 2.92. The van der Waals surface area contributed by atoms with E-state index in [1.165, 1.54) is 23.9 Å². The molecule has 3 rings (SSSR count). The lowest BCUT2D eigenvalue weighted by atomic mass is 10.1. The molecule has 0 spiro atoms. The van der Waals surface area contributed by atoms with Crippen molar-refractivity contribution < 1.29 is 13.2 Å². The lowest BCUT2D eigenvalue weighted by Crippen LogP contribution is -2.31. The number of carbonyl (C=O) groups excluding carboxylic acids is 1. The Balaban J connectivity index is 1.95. The molecule has 2 aromatic rings. The van der Waals surface area contributed by atoms with Crippen LogP contribution in [-0.2, 0) is 17.1 Å². The van der Waals surface area contributed by atoms with Crippen molar-refractivity contribution in [2.75, 3.05) is 13.6 Å². The van der Waals surface area contributed by atoms with Gasteiger partial charge in [-0.2, -0.15) is 4.31 Å². The van der Waals surface area contributed by atoms with E-state index >= 15 is 0 Å². The Morgan fingerprint density at radius 1 is 1.38 bits per heavy atom. The molecule has 1 N–H and O–H groups in total. The van der Waals surface area contributed by atoms with Crippen molar-refractivity contribution in [1.82, 2.24) is 24.2 Å². The molecule has 0 radical (unpaired) electrons. The summed E-state index contributed by atoms with van der Waals surface area (Å²) in [5, 5.41) is 2.55. The fourth-order valence-electron chi connectivity index (χ4n) is 2.86. The number of nitrogens with zero attached hydrogens (tertiary/aromatic N) is 4. The number of amides is 1. The molecule has 0 aliphatic carbocycles. The van der Waals surface area contributed by atoms with E-state index in [1.54, 1.807) is 29.8 Å². The first-order chi connectivity index (χ1) is 11.4. The number of aromatic nitrogens is 3. The fraction of sp³-hybridized carbons (Fsp3) is 0.400. The van der Waals surface area contributed by atoms with E-state index < -0.39 is 10.0 Å². The van der Waals surface area contributed by atoms with Crippen LogP contribution < -0.4 is 5.32 Å². The van der Waals surface area contributed by atoms with Gasteiger partial charge in [0.15, 0.2) is 5.03 Å². The van der Waals surface area contributed by atoms with E-state index in [-0.39, 0.29) is 22.7 Å². The van der Waals surface area contributed by atoms with Gasteiger partial charge in [-0.25, -0.2) is 18.4 Å². The summed E-state index contributed by atoms with van der Waals surface area (Å²) in [5.41, 5.74) is 0.852. The second-order valence-corrected chi connectivity index (χ2v) is 7.52. The van der Waals surface area contributed by atoms with Crippen molar-refractivity contribution in [2.45, 2.75) is 23.9 Å². The lowest BCUT2D eigenvalue weighted by molar-refractivity contribution is 0.0957. The summed E-state index contributed by atoms with van der Waals surface area (Å²) in [5.74, 6) is -0.297. The second kappa shape index (κ2) is 6.33. The third-order valence-corrected chi connectivity index (χ3v) is 5.82. The van der Waals surface area contributed by atoms with E-state index in [9.17, 15) is 13.2 Å². The SMILES string of the molecule is CNC(=O)c1cccc(C2CCCN2S(=O)(=O)c2cn(C)cn2)n1. The molecule has 24 heavy (non-hydrogen) atoms. The number of aryl methyl sites for hydroxylation is 1. The predicted molar refractivity (Wildman–Crippen MR) is 86.7 cm³/mol. The quantitative estimate of drug-likeness (QED) is 0.876. The Kier molecular flexibility index (Phi) is 4.37. The van der Waals surface area contributed by atoms with Crippen LogP contribution in [0.5, 0.6) is 0 Å². The standard InChI is InChI=1S/C15H19N5O3S/c1-16-15(21)12-6-3-5-11(18-12)13-7-4-8-20(13)24(22,23)14-9-19(2)10-17-14/h3,5-6,9-10,13H,4,7-8H2,1-2H3,(H,16,21). The van der Waals surface area contributed by atoms with Crippen LogP contribution in [0.15, 0.2) is 35.7 Å². The number of rotatable bonds is 4. The van der Waals surface area contributed by atoms with Crippen molar-refractivity contribution in [1.29, 1.82) is 0 Å². The summed E-state index contributed by atoms with van der Waals surface area (Å²) in [6.07, 6.45) is 4.35. The van der Waals surface area contributed by atoms with E-state index in [0.29, 0.717) is 18.7 Å². The number of sulfonamides is 1. The number of nitrogens with one attached hydrogen (secondary N) is 1. The normalized spacial score (nSPS) is 18.7. The van der Waals surface area contributed by atoms with Gasteiger partial charge in [0.25, 0.3) is 15.9 Å². The molecule has 1 aliphatic rings. The van der Waals surface area contributed by atoms with E-state index in [0.717, 1.165) is 6.42 Å². The number of pyridine rings is 1. The van der Waals surface area contributed by atoms with Crippen LogP contribution in [0, 0.1) is 0 Å². The molecule has 1 unspecified atom stereocenters. The zero-order chi connectivity index (χ0) is 17.3. The van der Waals surface area contributed by atoms with Crippen LogP contribution in [0.1, 0.15) is 35.1 Å². The van der Waals surface area contributed by atoms with Crippen molar-refractivity contribution >= 4 is 15.9 Å². The van der Waals surface area contributed by atoms with Crippen LogP contribution in [-0.4, -0.2) is 46.8 Å². The summed E-state index contributed by atoms with van der Waals surface area (Å²) < 4.78 is 28.7. The molecule has 1 saturated heterocycles. The average Bonchev–Trinajstić information content (AvgIpc) is 3.23. The molecule has 3 heterocycles. The molecule has 0 bridgehead atoms. The summed E-state index contributed by atoms with van der Waals surface area (Å²) in [4.78, 5) is 20.1. The maximum absolute atomic E-state index is 12.8. The zero-order valence-corrected chi connectivity index (χ0v) is 14.3. The van der Waals surface area contributed by atoms with Crippen LogP contribution in [0.3, 0.4) is 0 Å². The minimum atomic E-state index is -3.69. The molecule has 128 valence electrons. The highest BCUT2D eigenvalue weighted by Crippen LogP contribution is 2.35. The minimum Gasteiger partial charge on any atom is -0.354 e. The summed E-state index contributed by atoms with van der Waals surface area (Å²) in [6.45, 7) is 0.412. The van der Waals surface area contributed by atoms with Crippen LogP contribution >= 0.6 is 0 Å². The lowest BCUT2D eigenvalue weighted by Gasteiger charge is -2.22. The topological polar surface area (TPSA) is 97.2 Å². The largest absolute Gasteiger partial charge is 0.354 e. The minimum absolute atomic E-state index is 0.0272. The van der Waals surface area contributed by atoms with Gasteiger partial charge in [-0.1, -0.05) is 6.07 Å². The van der Waals surface area contributed by atoms with Crippen LogP contribution in [0.25, 0.3) is 0 Å². The molecule has 2 aromatic heterocycles.